The second kappa shape index (κ2) is 8.60. The van der Waals surface area contributed by atoms with E-state index >= 15 is 0 Å². The predicted molar refractivity (Wildman–Crippen MR) is 101 cm³/mol. The Labute approximate surface area is 148 Å². The van der Waals surface area contributed by atoms with Crippen molar-refractivity contribution in [2.24, 2.45) is 0 Å². The third-order valence-electron chi connectivity index (χ3n) is 4.20. The molecule has 7 nitrogen and oxygen atoms in total. The van der Waals surface area contributed by atoms with Gasteiger partial charge in [0.1, 0.15) is 5.52 Å². The summed E-state index contributed by atoms with van der Waals surface area (Å²) in [6.45, 7) is 6.31. The van der Waals surface area contributed by atoms with E-state index in [1.54, 1.807) is 6.20 Å². The van der Waals surface area contributed by atoms with E-state index in [1.807, 2.05) is 12.1 Å². The number of nitrogen functional groups attached to an aromatic ring is 1. The molecule has 0 unspecified atom stereocenters. The maximum absolute atomic E-state index is 11.4. The zero-order valence-electron chi connectivity index (χ0n) is 15.3. The van der Waals surface area contributed by atoms with Gasteiger partial charge in [-0.25, -0.2) is 4.98 Å². The molecule has 136 valence electrons. The number of carbonyl (C=O) groups is 1. The van der Waals surface area contributed by atoms with Crippen LogP contribution in [0.1, 0.15) is 52.9 Å². The van der Waals surface area contributed by atoms with Crippen LogP contribution in [0.2, 0.25) is 0 Å². The van der Waals surface area contributed by atoms with Crippen molar-refractivity contribution in [2.45, 2.75) is 58.4 Å². The van der Waals surface area contributed by atoms with Gasteiger partial charge in [0.15, 0.2) is 5.82 Å². The summed E-state index contributed by atoms with van der Waals surface area (Å²) < 4.78 is 0. The van der Waals surface area contributed by atoms with Crippen LogP contribution in [-0.2, 0) is 4.79 Å². The molecule has 2 aromatic heterocycles. The Morgan fingerprint density at radius 2 is 2.08 bits per heavy atom. The molecule has 0 saturated carbocycles. The molecule has 7 heteroatoms. The fourth-order valence-electron chi connectivity index (χ4n) is 2.81. The number of pyridine rings is 1. The molecule has 0 aliphatic rings. The van der Waals surface area contributed by atoms with Crippen LogP contribution in [0.3, 0.4) is 0 Å². The maximum atomic E-state index is 11.4. The molecular formula is C18H28N6O. The number of carbonyl (C=O) groups excluding carboxylic acids is 1. The lowest BCUT2D eigenvalue weighted by molar-refractivity contribution is -0.119. The van der Waals surface area contributed by atoms with Crippen LogP contribution in [0.15, 0.2) is 18.3 Å². The smallest absolute Gasteiger partial charge is 0.222 e. The highest BCUT2D eigenvalue weighted by atomic mass is 16.1. The lowest BCUT2D eigenvalue weighted by Crippen LogP contribution is -2.46. The first-order chi connectivity index (χ1) is 11.9. The Morgan fingerprint density at radius 1 is 1.28 bits per heavy atom. The minimum absolute atomic E-state index is 0.0493. The van der Waals surface area contributed by atoms with Crippen LogP contribution < -0.4 is 16.4 Å². The Balaban J connectivity index is 2.24. The van der Waals surface area contributed by atoms with Crippen LogP contribution in [-0.4, -0.2) is 32.9 Å². The average molecular weight is 344 g/mol. The molecule has 2 aromatic rings. The topological polar surface area (TPSA) is 106 Å². The molecular weight excluding hydrogens is 316 g/mol. The zero-order valence-corrected chi connectivity index (χ0v) is 15.3. The Bertz CT molecular complexity index is 720. The number of fused-ring (bicyclic) bond motifs is 1. The summed E-state index contributed by atoms with van der Waals surface area (Å²) >= 11 is 0. The van der Waals surface area contributed by atoms with E-state index in [9.17, 15) is 4.79 Å². The van der Waals surface area contributed by atoms with Gasteiger partial charge in [-0.05, 0) is 25.5 Å². The monoisotopic (exact) mass is 344 g/mol. The summed E-state index contributed by atoms with van der Waals surface area (Å²) in [4.78, 5) is 24.3. The molecule has 0 fully saturated rings. The second-order valence-electron chi connectivity index (χ2n) is 6.71. The number of hydrogen-bond acceptors (Lipinski definition) is 6. The number of rotatable bonds is 9. The van der Waals surface area contributed by atoms with Gasteiger partial charge in [-0.15, -0.1) is 0 Å². The fraction of sp³-hybridized carbons (Fsp3) is 0.556. The molecule has 0 aliphatic carbocycles. The highest BCUT2D eigenvalue weighted by molar-refractivity contribution is 5.86. The molecule has 25 heavy (non-hydrogen) atoms. The number of anilines is 2. The highest BCUT2D eigenvalue weighted by Gasteiger charge is 2.26. The molecule has 0 radical (unpaired) electrons. The summed E-state index contributed by atoms with van der Waals surface area (Å²) in [5.74, 6) is 0.758. The normalized spacial score (nSPS) is 13.4. The molecule has 2 rings (SSSR count). The number of amides is 1. The number of hydrogen-bond donors (Lipinski definition) is 3. The quantitative estimate of drug-likeness (QED) is 0.604. The fourth-order valence-corrected chi connectivity index (χ4v) is 2.81. The van der Waals surface area contributed by atoms with Crippen LogP contribution >= 0.6 is 0 Å². The number of aromatic nitrogens is 3. The molecule has 2 heterocycles. The minimum Gasteiger partial charge on any atom is -0.368 e. The van der Waals surface area contributed by atoms with Gasteiger partial charge >= 0.3 is 0 Å². The van der Waals surface area contributed by atoms with Crippen molar-refractivity contribution in [2.75, 3.05) is 17.6 Å². The third-order valence-corrected chi connectivity index (χ3v) is 4.20. The van der Waals surface area contributed by atoms with Crippen molar-refractivity contribution in [1.29, 1.82) is 0 Å². The molecule has 0 aromatic carbocycles. The minimum atomic E-state index is -0.343. The van der Waals surface area contributed by atoms with Gasteiger partial charge < -0.3 is 16.4 Å². The molecule has 0 spiro atoms. The number of nitrogens with zero attached hydrogens (tertiary/aromatic N) is 3. The summed E-state index contributed by atoms with van der Waals surface area (Å²) in [5, 5.41) is 6.38. The number of nitrogens with two attached hydrogens (primary N) is 1. The van der Waals surface area contributed by atoms with Crippen molar-refractivity contribution in [3.8, 4) is 0 Å². The van der Waals surface area contributed by atoms with Crippen LogP contribution in [0.4, 0.5) is 11.8 Å². The SMILES string of the molecule is CCCCCC[C@](C)(CNC(C)=O)Nc1nc(N)nc2cccnc12. The van der Waals surface area contributed by atoms with Crippen LogP contribution in [0, 0.1) is 0 Å². The van der Waals surface area contributed by atoms with Gasteiger partial charge in [0.05, 0.1) is 11.1 Å². The number of nitrogens with one attached hydrogen (secondary N) is 2. The first-order valence-electron chi connectivity index (χ1n) is 8.84. The third kappa shape index (κ3) is 5.55. The Hall–Kier alpha value is -2.44. The first kappa shape index (κ1) is 18.9. The summed E-state index contributed by atoms with van der Waals surface area (Å²) in [6.07, 6.45) is 7.25. The highest BCUT2D eigenvalue weighted by Crippen LogP contribution is 2.25. The molecule has 1 atom stereocenters. The lowest BCUT2D eigenvalue weighted by atomic mass is 9.93. The van der Waals surface area contributed by atoms with Gasteiger partial charge in [-0.3, -0.25) is 9.78 Å². The van der Waals surface area contributed by atoms with Gasteiger partial charge in [0.25, 0.3) is 0 Å². The van der Waals surface area contributed by atoms with Crippen LogP contribution in [0.25, 0.3) is 11.0 Å². The van der Waals surface area contributed by atoms with Gasteiger partial charge in [-0.2, -0.15) is 4.98 Å². The summed E-state index contributed by atoms with van der Waals surface area (Å²) in [5.41, 5.74) is 6.88. The van der Waals surface area contributed by atoms with E-state index in [4.69, 9.17) is 5.73 Å². The molecule has 1 amide bonds. The largest absolute Gasteiger partial charge is 0.368 e. The number of unbranched alkanes of at least 4 members (excludes halogenated alkanes) is 3. The van der Waals surface area contributed by atoms with E-state index in [-0.39, 0.29) is 17.4 Å². The van der Waals surface area contributed by atoms with E-state index < -0.39 is 0 Å². The maximum Gasteiger partial charge on any atom is 0.222 e. The summed E-state index contributed by atoms with van der Waals surface area (Å²) in [7, 11) is 0. The van der Waals surface area contributed by atoms with E-state index in [2.05, 4.69) is 39.4 Å². The Kier molecular flexibility index (Phi) is 6.50. The van der Waals surface area contributed by atoms with Crippen molar-refractivity contribution >= 4 is 28.7 Å². The van der Waals surface area contributed by atoms with Crippen molar-refractivity contribution in [1.82, 2.24) is 20.3 Å². The molecule has 0 bridgehead atoms. The van der Waals surface area contributed by atoms with Crippen LogP contribution in [0.5, 0.6) is 0 Å². The second-order valence-corrected chi connectivity index (χ2v) is 6.71. The van der Waals surface area contributed by atoms with E-state index in [0.717, 1.165) is 12.8 Å². The van der Waals surface area contributed by atoms with Gasteiger partial charge in [0, 0.05) is 19.7 Å². The summed E-state index contributed by atoms with van der Waals surface area (Å²) in [6, 6.07) is 3.68. The van der Waals surface area contributed by atoms with Gasteiger partial charge in [-0.1, -0.05) is 32.6 Å². The molecule has 0 saturated heterocycles. The van der Waals surface area contributed by atoms with E-state index in [0.29, 0.717) is 23.4 Å². The predicted octanol–water partition coefficient (Wildman–Crippen LogP) is 2.88. The van der Waals surface area contributed by atoms with Crippen molar-refractivity contribution in [3.63, 3.8) is 0 Å². The molecule has 0 aliphatic heterocycles. The Morgan fingerprint density at radius 3 is 2.80 bits per heavy atom. The standard InChI is InChI=1S/C18H28N6O/c1-4-5-6-7-10-18(3,12-21-13(2)25)24-16-15-14(9-8-11-20-15)22-17(19)23-16/h8-9,11H,4-7,10,12H2,1-3H3,(H,21,25)(H3,19,22,23,24)/t18-/m1/s1. The zero-order chi connectivity index (χ0) is 18.3. The van der Waals surface area contributed by atoms with Crippen molar-refractivity contribution in [3.05, 3.63) is 18.3 Å². The van der Waals surface area contributed by atoms with Crippen molar-refractivity contribution < 1.29 is 4.79 Å². The van der Waals surface area contributed by atoms with E-state index in [1.165, 1.54) is 26.2 Å². The first-order valence-corrected chi connectivity index (χ1v) is 8.84. The lowest BCUT2D eigenvalue weighted by Gasteiger charge is -2.32. The molecule has 4 N–H and O–H groups in total. The average Bonchev–Trinajstić information content (AvgIpc) is 2.57. The van der Waals surface area contributed by atoms with Gasteiger partial charge in [0.2, 0.25) is 11.9 Å².